The first-order chi connectivity index (χ1) is 13.0. The number of aryl methyl sites for hydroxylation is 1. The molecule has 1 aromatic carbocycles. The Morgan fingerprint density at radius 3 is 2.74 bits per heavy atom. The van der Waals surface area contributed by atoms with Gasteiger partial charge in [0.25, 0.3) is 0 Å². The molecule has 1 saturated heterocycles. The first-order valence-electron chi connectivity index (χ1n) is 10.4. The van der Waals surface area contributed by atoms with E-state index in [4.69, 9.17) is 4.74 Å². The number of fused-ring (bicyclic) bond motifs is 1. The quantitative estimate of drug-likeness (QED) is 0.626. The first-order valence-corrected chi connectivity index (χ1v) is 10.4. The number of quaternary nitrogens is 2. The van der Waals surface area contributed by atoms with Gasteiger partial charge in [-0.15, -0.1) is 0 Å². The largest absolute Gasteiger partial charge is 0.494 e. The number of piperidine rings is 1. The molecule has 0 bridgehead atoms. The summed E-state index contributed by atoms with van der Waals surface area (Å²) in [5.41, 5.74) is 2.95. The molecule has 1 fully saturated rings. The number of H-pyrrole nitrogens is 1. The maximum Gasteiger partial charge on any atom is 0.198 e. The van der Waals surface area contributed by atoms with Crippen molar-refractivity contribution in [3.63, 3.8) is 0 Å². The van der Waals surface area contributed by atoms with Crippen molar-refractivity contribution < 1.29 is 14.5 Å². The number of aromatic nitrogens is 1. The van der Waals surface area contributed by atoms with Gasteiger partial charge in [0.2, 0.25) is 0 Å². The van der Waals surface area contributed by atoms with Gasteiger partial charge in [0.05, 0.1) is 45.4 Å². The lowest BCUT2D eigenvalue weighted by molar-refractivity contribution is -0.948. The van der Waals surface area contributed by atoms with E-state index in [2.05, 4.69) is 26.0 Å². The molecule has 1 aliphatic heterocycles. The third-order valence-corrected chi connectivity index (χ3v) is 6.04. The third kappa shape index (κ3) is 4.71. The summed E-state index contributed by atoms with van der Waals surface area (Å²) in [4.78, 5) is 19.7. The molecular weight excluding hydrogens is 338 g/mol. The predicted octanol–water partition coefficient (Wildman–Crippen LogP) is 0.707. The maximum atomic E-state index is 13.2. The highest BCUT2D eigenvalue weighted by molar-refractivity contribution is 5.81. The van der Waals surface area contributed by atoms with E-state index in [1.807, 2.05) is 25.1 Å². The molecule has 0 spiro atoms. The Kier molecular flexibility index (Phi) is 6.55. The van der Waals surface area contributed by atoms with Crippen LogP contribution in [0.1, 0.15) is 43.9 Å². The van der Waals surface area contributed by atoms with E-state index in [9.17, 15) is 4.79 Å². The van der Waals surface area contributed by atoms with E-state index in [1.165, 1.54) is 30.8 Å². The van der Waals surface area contributed by atoms with Crippen molar-refractivity contribution in [1.82, 2.24) is 4.98 Å². The number of hydrogen-bond acceptors (Lipinski definition) is 2. The summed E-state index contributed by atoms with van der Waals surface area (Å²) in [5.74, 6) is 0.787. The summed E-state index contributed by atoms with van der Waals surface area (Å²) < 4.78 is 5.81. The summed E-state index contributed by atoms with van der Waals surface area (Å²) in [6.07, 6.45) is 4.60. The van der Waals surface area contributed by atoms with Gasteiger partial charge in [0.15, 0.2) is 5.43 Å². The van der Waals surface area contributed by atoms with Gasteiger partial charge in [-0.05, 0) is 31.5 Å². The fourth-order valence-electron chi connectivity index (χ4n) is 4.09. The Bertz CT molecular complexity index is 822. The topological polar surface area (TPSA) is 51.0 Å². The molecule has 0 amide bonds. The zero-order valence-electron chi connectivity index (χ0n) is 17.3. The molecule has 0 aliphatic carbocycles. The van der Waals surface area contributed by atoms with Crippen LogP contribution in [0, 0.1) is 6.92 Å². The van der Waals surface area contributed by atoms with Crippen LogP contribution in [0.2, 0.25) is 0 Å². The number of rotatable bonds is 7. The minimum Gasteiger partial charge on any atom is -0.494 e. The number of likely N-dealkylation sites (tertiary alicyclic amines) is 1. The monoisotopic (exact) mass is 373 g/mol. The van der Waals surface area contributed by atoms with Crippen molar-refractivity contribution in [1.29, 1.82) is 0 Å². The van der Waals surface area contributed by atoms with Gasteiger partial charge in [0.1, 0.15) is 12.3 Å². The van der Waals surface area contributed by atoms with Gasteiger partial charge < -0.3 is 19.5 Å². The molecule has 1 aromatic heterocycles. The minimum absolute atomic E-state index is 0.153. The van der Waals surface area contributed by atoms with E-state index in [1.54, 1.807) is 4.90 Å². The minimum atomic E-state index is 0.153. The van der Waals surface area contributed by atoms with Crippen LogP contribution in [-0.4, -0.2) is 44.8 Å². The van der Waals surface area contributed by atoms with E-state index in [0.29, 0.717) is 12.6 Å². The zero-order valence-corrected chi connectivity index (χ0v) is 17.3. The molecular formula is C22H35N3O2+2. The van der Waals surface area contributed by atoms with E-state index < -0.39 is 0 Å². The van der Waals surface area contributed by atoms with Crippen LogP contribution in [0.15, 0.2) is 23.0 Å². The van der Waals surface area contributed by atoms with Crippen LogP contribution in [0.3, 0.4) is 0 Å². The number of hydrogen-bond donors (Lipinski definition) is 3. The van der Waals surface area contributed by atoms with Gasteiger partial charge in [0, 0.05) is 29.4 Å². The molecule has 1 aliphatic rings. The molecule has 148 valence electrons. The molecule has 1 unspecified atom stereocenters. The van der Waals surface area contributed by atoms with Gasteiger partial charge in [-0.2, -0.15) is 0 Å². The SMILES string of the molecule is CCCCOc1ccc2[nH]c(C)c(C[NH+](C)C3CC[NH+](C)CC3)c(=O)c2c1. The van der Waals surface area contributed by atoms with Crippen LogP contribution in [0.25, 0.3) is 10.9 Å². The molecule has 3 rings (SSSR count). The highest BCUT2D eigenvalue weighted by Crippen LogP contribution is 2.19. The molecule has 0 radical (unpaired) electrons. The van der Waals surface area contributed by atoms with Crippen molar-refractivity contribution in [3.8, 4) is 5.75 Å². The standard InChI is InChI=1S/C22H33N3O2/c1-5-6-13-27-18-7-8-21-19(14-18)22(26)20(16(2)23-21)15-25(4)17-9-11-24(3)12-10-17/h7-8,14,17H,5-6,9-13,15H2,1-4H3,(H,23,26)/p+2. The summed E-state index contributed by atoms with van der Waals surface area (Å²) in [7, 11) is 4.50. The fourth-order valence-corrected chi connectivity index (χ4v) is 4.09. The number of nitrogens with one attached hydrogen (secondary N) is 3. The lowest BCUT2D eigenvalue weighted by Crippen LogP contribution is -3.17. The molecule has 2 aromatic rings. The average molecular weight is 374 g/mol. The lowest BCUT2D eigenvalue weighted by Gasteiger charge is -2.30. The van der Waals surface area contributed by atoms with Crippen molar-refractivity contribution in [3.05, 3.63) is 39.7 Å². The highest BCUT2D eigenvalue weighted by Gasteiger charge is 2.27. The van der Waals surface area contributed by atoms with Crippen LogP contribution in [0.5, 0.6) is 5.75 Å². The Morgan fingerprint density at radius 1 is 1.30 bits per heavy atom. The Balaban J connectivity index is 1.82. The van der Waals surface area contributed by atoms with Crippen LogP contribution in [0.4, 0.5) is 0 Å². The molecule has 27 heavy (non-hydrogen) atoms. The van der Waals surface area contributed by atoms with Gasteiger partial charge in [-0.3, -0.25) is 4.79 Å². The van der Waals surface area contributed by atoms with Crippen molar-refractivity contribution >= 4 is 10.9 Å². The van der Waals surface area contributed by atoms with Crippen LogP contribution < -0.4 is 20.0 Å². The molecule has 3 N–H and O–H groups in total. The second kappa shape index (κ2) is 8.89. The molecule has 2 heterocycles. The number of benzene rings is 1. The molecule has 5 nitrogen and oxygen atoms in total. The van der Waals surface area contributed by atoms with Gasteiger partial charge in [-0.25, -0.2) is 0 Å². The smallest absolute Gasteiger partial charge is 0.198 e. The van der Waals surface area contributed by atoms with Crippen LogP contribution in [-0.2, 0) is 6.54 Å². The lowest BCUT2D eigenvalue weighted by atomic mass is 10.0. The summed E-state index contributed by atoms with van der Waals surface area (Å²) in [5, 5.41) is 0.741. The zero-order chi connectivity index (χ0) is 19.4. The van der Waals surface area contributed by atoms with Gasteiger partial charge in [-0.1, -0.05) is 13.3 Å². The number of unbranched alkanes of at least 4 members (excludes halogenated alkanes) is 1. The summed E-state index contributed by atoms with van der Waals surface area (Å²) >= 11 is 0. The third-order valence-electron chi connectivity index (χ3n) is 6.04. The van der Waals surface area contributed by atoms with E-state index in [0.717, 1.165) is 47.3 Å². The normalized spacial score (nSPS) is 21.3. The van der Waals surface area contributed by atoms with Gasteiger partial charge >= 0.3 is 0 Å². The van der Waals surface area contributed by atoms with Crippen molar-refractivity contribution in [2.75, 3.05) is 33.8 Å². The maximum absolute atomic E-state index is 13.2. The van der Waals surface area contributed by atoms with Crippen molar-refractivity contribution in [2.45, 2.75) is 52.1 Å². The average Bonchev–Trinajstić information content (AvgIpc) is 2.66. The van der Waals surface area contributed by atoms with E-state index >= 15 is 0 Å². The number of ether oxygens (including phenoxy) is 1. The summed E-state index contributed by atoms with van der Waals surface area (Å²) in [6.45, 7) is 8.11. The van der Waals surface area contributed by atoms with E-state index in [-0.39, 0.29) is 5.43 Å². The fraction of sp³-hybridized carbons (Fsp3) is 0.591. The molecule has 5 heteroatoms. The Hall–Kier alpha value is -1.85. The second-order valence-corrected chi connectivity index (χ2v) is 8.22. The second-order valence-electron chi connectivity index (χ2n) is 8.22. The highest BCUT2D eigenvalue weighted by atomic mass is 16.5. The summed E-state index contributed by atoms with van der Waals surface area (Å²) in [6, 6.07) is 6.46. The number of pyridine rings is 1. The number of aromatic amines is 1. The molecule has 0 saturated carbocycles. The first kappa shape index (κ1) is 19.9. The Labute approximate surface area is 162 Å². The Morgan fingerprint density at radius 2 is 2.04 bits per heavy atom. The predicted molar refractivity (Wildman–Crippen MR) is 110 cm³/mol. The molecule has 1 atom stereocenters. The van der Waals surface area contributed by atoms with Crippen molar-refractivity contribution in [2.24, 2.45) is 0 Å². The van der Waals surface area contributed by atoms with Crippen LogP contribution >= 0.6 is 0 Å².